The fourth-order valence-corrected chi connectivity index (χ4v) is 10.5. The minimum atomic E-state index is -1.74. The van der Waals surface area contributed by atoms with E-state index in [1.165, 1.54) is 111 Å². The van der Waals surface area contributed by atoms with Crippen LogP contribution in [0.5, 0.6) is 11.5 Å². The van der Waals surface area contributed by atoms with Gasteiger partial charge < -0.3 is 28.7 Å². The Hall–Kier alpha value is -7.16. The minimum Gasteiger partial charge on any atom is -0.494 e. The number of carbonyl (C=O) groups is 4. The summed E-state index contributed by atoms with van der Waals surface area (Å²) < 4.78 is 84.0. The quantitative estimate of drug-likeness (QED) is 0.0241. The zero-order valence-electron chi connectivity index (χ0n) is 41.6. The summed E-state index contributed by atoms with van der Waals surface area (Å²) in [5.74, 6) is -4.84. The lowest BCUT2D eigenvalue weighted by molar-refractivity contribution is -0.191. The van der Waals surface area contributed by atoms with Crippen LogP contribution in [0.4, 0.5) is 17.6 Å². The molecule has 0 atom stereocenters. The second-order valence-corrected chi connectivity index (χ2v) is 19.1. The maximum Gasteiger partial charge on any atom is 0.418 e. The molecule has 2 heterocycles. The first-order chi connectivity index (χ1) is 35.7. The molecule has 386 valence electrons. The first-order valence-corrected chi connectivity index (χ1v) is 25.2. The van der Waals surface area contributed by atoms with E-state index in [2.05, 4.69) is 9.80 Å². The van der Waals surface area contributed by atoms with Crippen LogP contribution in [0, 0.1) is 35.1 Å². The number of hydrogen-bond acceptors (Lipinski definition) is 10. The standard InChI is InChI=1S/C60H60F4N2O8/c1-41(67)43-7-3-9-55(39-43)71-37-5-31-65-33-27-49(28-34-65)59(45-11-19-51(61)20-12-45,46-13-21-52(62)22-14-46)73-57(69)58(70)74-60(47-15-23-53(63)24-16-47,48-17-25-54(64)26-18-48)50-29-35-66(36-30-50)32-6-38-72-56-10-4-8-44(40-56)42(2)68/h3-4,7-26,39-40,49-50H,5-6,27-38H2,1-2H3. The van der Waals surface area contributed by atoms with Gasteiger partial charge in [-0.2, -0.15) is 0 Å². The Morgan fingerprint density at radius 3 is 1.04 bits per heavy atom. The van der Waals surface area contributed by atoms with Crippen LogP contribution in [0.15, 0.2) is 146 Å². The number of halogens is 4. The van der Waals surface area contributed by atoms with Crippen LogP contribution >= 0.6 is 0 Å². The molecule has 14 heteroatoms. The summed E-state index contributed by atoms with van der Waals surface area (Å²) in [7, 11) is 0. The normalized spacial score (nSPS) is 15.1. The molecule has 0 N–H and O–H groups in total. The van der Waals surface area contributed by atoms with Crippen LogP contribution in [0.1, 0.15) is 95.3 Å². The zero-order chi connectivity index (χ0) is 52.2. The van der Waals surface area contributed by atoms with Crippen molar-refractivity contribution in [2.75, 3.05) is 52.5 Å². The van der Waals surface area contributed by atoms with Crippen molar-refractivity contribution in [3.63, 3.8) is 0 Å². The molecule has 6 aromatic rings. The Kier molecular flexibility index (Phi) is 17.4. The number of ether oxygens (including phenoxy) is 4. The van der Waals surface area contributed by atoms with E-state index in [9.17, 15) is 36.7 Å². The predicted molar refractivity (Wildman–Crippen MR) is 271 cm³/mol. The number of carbonyl (C=O) groups excluding carboxylic acids is 4. The highest BCUT2D eigenvalue weighted by Gasteiger charge is 2.52. The number of rotatable bonds is 20. The molecule has 6 aromatic carbocycles. The highest BCUT2D eigenvalue weighted by Crippen LogP contribution is 2.48. The average Bonchev–Trinajstić information content (AvgIpc) is 3.42. The van der Waals surface area contributed by atoms with Gasteiger partial charge in [-0.25, -0.2) is 27.2 Å². The number of piperidine rings is 2. The first kappa shape index (κ1) is 53.1. The highest BCUT2D eigenvalue weighted by molar-refractivity contribution is 6.30. The van der Waals surface area contributed by atoms with Gasteiger partial charge in [0.2, 0.25) is 0 Å². The van der Waals surface area contributed by atoms with E-state index in [0.717, 1.165) is 0 Å². The number of likely N-dealkylation sites (tertiary alicyclic amines) is 2. The van der Waals surface area contributed by atoms with Gasteiger partial charge in [-0.1, -0.05) is 72.8 Å². The van der Waals surface area contributed by atoms with Crippen molar-refractivity contribution in [3.8, 4) is 11.5 Å². The van der Waals surface area contributed by atoms with Crippen LogP contribution < -0.4 is 9.47 Å². The third-order valence-corrected chi connectivity index (χ3v) is 14.3. The molecular weight excluding hydrogens is 953 g/mol. The SMILES string of the molecule is CC(=O)c1cccc(OCCCN2CCC(C(OC(=O)C(=O)OC(c3ccc(F)cc3)(c3ccc(F)cc3)C3CCN(CCCOc4cccc(C(C)=O)c4)CC3)(c3ccc(F)cc3)c3ccc(F)cc3)CC2)c1. The molecule has 0 aliphatic carbocycles. The molecule has 2 aliphatic rings. The Labute approximate surface area is 429 Å². The summed E-state index contributed by atoms with van der Waals surface area (Å²) in [6, 6.07) is 35.9. The zero-order valence-corrected chi connectivity index (χ0v) is 41.6. The van der Waals surface area contributed by atoms with E-state index in [4.69, 9.17) is 18.9 Å². The maximum absolute atomic E-state index is 14.9. The van der Waals surface area contributed by atoms with Crippen molar-refractivity contribution < 1.29 is 55.7 Å². The number of ketones is 2. The summed E-state index contributed by atoms with van der Waals surface area (Å²) in [6.07, 6.45) is 3.15. The maximum atomic E-state index is 14.9. The summed E-state index contributed by atoms with van der Waals surface area (Å²) >= 11 is 0. The molecule has 8 rings (SSSR count). The van der Waals surface area contributed by atoms with E-state index in [1.54, 1.807) is 48.5 Å². The van der Waals surface area contributed by atoms with E-state index < -0.39 is 58.2 Å². The van der Waals surface area contributed by atoms with E-state index >= 15 is 0 Å². The Balaban J connectivity index is 1.04. The van der Waals surface area contributed by atoms with E-state index in [1.807, 2.05) is 0 Å². The average molecular weight is 1010 g/mol. The van der Waals surface area contributed by atoms with Crippen LogP contribution in [0.25, 0.3) is 0 Å². The molecule has 0 saturated carbocycles. The lowest BCUT2D eigenvalue weighted by atomic mass is 9.71. The van der Waals surface area contributed by atoms with Gasteiger partial charge in [0.15, 0.2) is 22.8 Å². The molecule has 2 saturated heterocycles. The van der Waals surface area contributed by atoms with Gasteiger partial charge in [-0.05, 0) is 151 Å². The minimum absolute atomic E-state index is 0.0559. The van der Waals surface area contributed by atoms with Gasteiger partial charge in [0, 0.05) is 58.3 Å². The Morgan fingerprint density at radius 1 is 0.459 bits per heavy atom. The van der Waals surface area contributed by atoms with Crippen molar-refractivity contribution in [1.29, 1.82) is 0 Å². The summed E-state index contributed by atoms with van der Waals surface area (Å²) in [5, 5.41) is 0. The predicted octanol–water partition coefficient (Wildman–Crippen LogP) is 11.3. The molecule has 10 nitrogen and oxygen atoms in total. The van der Waals surface area contributed by atoms with Gasteiger partial charge in [0.1, 0.15) is 34.8 Å². The largest absolute Gasteiger partial charge is 0.494 e. The molecule has 2 aliphatic heterocycles. The van der Waals surface area contributed by atoms with Gasteiger partial charge in [0.25, 0.3) is 0 Å². The number of hydrogen-bond donors (Lipinski definition) is 0. The van der Waals surface area contributed by atoms with E-state index in [-0.39, 0.29) is 11.6 Å². The van der Waals surface area contributed by atoms with Crippen LogP contribution in [-0.4, -0.2) is 85.8 Å². The van der Waals surface area contributed by atoms with Crippen molar-refractivity contribution in [3.05, 3.63) is 202 Å². The third kappa shape index (κ3) is 12.6. The number of benzene rings is 6. The molecule has 0 spiro atoms. The fourth-order valence-electron chi connectivity index (χ4n) is 10.5. The summed E-state index contributed by atoms with van der Waals surface area (Å²) in [6.45, 7) is 7.36. The van der Waals surface area contributed by atoms with Crippen molar-refractivity contribution >= 4 is 23.5 Å². The Bertz CT molecular complexity index is 2580. The first-order valence-electron chi connectivity index (χ1n) is 25.2. The smallest absolute Gasteiger partial charge is 0.418 e. The number of esters is 2. The second-order valence-electron chi connectivity index (χ2n) is 19.1. The molecule has 0 bridgehead atoms. The molecule has 0 aromatic heterocycles. The number of nitrogens with zero attached hydrogens (tertiary/aromatic N) is 2. The van der Waals surface area contributed by atoms with Crippen LogP contribution in [0.2, 0.25) is 0 Å². The highest BCUT2D eigenvalue weighted by atomic mass is 19.1. The van der Waals surface area contributed by atoms with Gasteiger partial charge >= 0.3 is 11.9 Å². The van der Waals surface area contributed by atoms with E-state index in [0.29, 0.717) is 136 Å². The summed E-state index contributed by atoms with van der Waals surface area (Å²) in [4.78, 5) is 58.1. The van der Waals surface area contributed by atoms with Crippen LogP contribution in [0.3, 0.4) is 0 Å². The van der Waals surface area contributed by atoms with Crippen molar-refractivity contribution in [2.45, 2.75) is 63.6 Å². The summed E-state index contributed by atoms with van der Waals surface area (Å²) in [5.41, 5.74) is -0.927. The van der Waals surface area contributed by atoms with Crippen molar-refractivity contribution in [2.24, 2.45) is 11.8 Å². The molecular formula is C60H60F4N2O8. The lowest BCUT2D eigenvalue weighted by Gasteiger charge is -2.46. The van der Waals surface area contributed by atoms with Crippen molar-refractivity contribution in [1.82, 2.24) is 9.80 Å². The number of Topliss-reactive ketones (excluding diaryl/α,β-unsaturated/α-hetero) is 2. The lowest BCUT2D eigenvalue weighted by Crippen LogP contribution is -2.50. The van der Waals surface area contributed by atoms with Gasteiger partial charge in [-0.15, -0.1) is 0 Å². The molecule has 2 fully saturated rings. The third-order valence-electron chi connectivity index (χ3n) is 14.3. The van der Waals surface area contributed by atoms with Gasteiger partial charge in [0.05, 0.1) is 13.2 Å². The molecule has 0 amide bonds. The second kappa shape index (κ2) is 24.2. The van der Waals surface area contributed by atoms with Crippen LogP contribution in [-0.2, 0) is 30.3 Å². The molecule has 74 heavy (non-hydrogen) atoms. The monoisotopic (exact) mass is 1010 g/mol. The molecule has 0 unspecified atom stereocenters. The fraction of sp³-hybridized carbons (Fsp3) is 0.333. The Morgan fingerprint density at radius 2 is 0.757 bits per heavy atom. The topological polar surface area (TPSA) is 112 Å². The van der Waals surface area contributed by atoms with Gasteiger partial charge in [-0.3, -0.25) is 9.59 Å². The molecule has 0 radical (unpaired) electrons.